The molecular weight excluding hydrogens is 338 g/mol. The van der Waals surface area contributed by atoms with Crippen LogP contribution in [0.3, 0.4) is 0 Å². The van der Waals surface area contributed by atoms with Crippen LogP contribution in [0.15, 0.2) is 95.7 Å². The van der Waals surface area contributed by atoms with E-state index in [1.165, 1.54) is 16.7 Å². The van der Waals surface area contributed by atoms with Crippen LogP contribution >= 0.6 is 12.2 Å². The lowest BCUT2D eigenvalue weighted by Crippen LogP contribution is -2.42. The van der Waals surface area contributed by atoms with Gasteiger partial charge in [0, 0.05) is 5.16 Å². The zero-order valence-electron chi connectivity index (χ0n) is 14.1. The number of thiocarbonyl (C=S) groups is 1. The lowest BCUT2D eigenvalue weighted by atomic mass is 10.2. The summed E-state index contributed by atoms with van der Waals surface area (Å²) in [6.07, 6.45) is 0. The molecule has 0 aromatic heterocycles. The fourth-order valence-corrected chi connectivity index (χ4v) is 7.70. The zero-order valence-corrected chi connectivity index (χ0v) is 16.0. The summed E-state index contributed by atoms with van der Waals surface area (Å²) in [6, 6.07) is 34.8. The van der Waals surface area contributed by atoms with E-state index >= 15 is 0 Å². The number of nitrogens with zero attached hydrogens (tertiary/aromatic N) is 1. The highest BCUT2D eigenvalue weighted by Crippen LogP contribution is 2.23. The van der Waals surface area contributed by atoms with Crippen LogP contribution in [-0.2, 0) is 18.1 Å². The second-order valence-corrected chi connectivity index (χ2v) is 10.3. The summed E-state index contributed by atoms with van der Waals surface area (Å²) in [5.74, 6) is 0. The van der Waals surface area contributed by atoms with Crippen LogP contribution in [0.5, 0.6) is 0 Å². The van der Waals surface area contributed by atoms with E-state index in [4.69, 9.17) is 16.9 Å². The molecule has 3 aromatic rings. The summed E-state index contributed by atoms with van der Waals surface area (Å²) in [7, 11) is -2.11. The topological polar surface area (TPSA) is 12.4 Å². The van der Waals surface area contributed by atoms with E-state index in [1.54, 1.807) is 0 Å². The van der Waals surface area contributed by atoms with Crippen molar-refractivity contribution in [3.8, 4) is 0 Å². The molecule has 1 nitrogen and oxygen atoms in total. The molecule has 0 atom stereocenters. The first-order valence-corrected chi connectivity index (χ1v) is 11.5. The summed E-state index contributed by atoms with van der Waals surface area (Å²) < 4.78 is 4.85. The third-order valence-corrected chi connectivity index (χ3v) is 8.45. The predicted molar refractivity (Wildman–Crippen MR) is 111 cm³/mol. The summed E-state index contributed by atoms with van der Waals surface area (Å²) >= 11 is 5.07. The molecular formula is C22H21NSSi. The predicted octanol–water partition coefficient (Wildman–Crippen LogP) is 5.38. The molecule has 0 saturated heterocycles. The molecule has 3 heteroatoms. The fourth-order valence-electron chi connectivity index (χ4n) is 3.33. The average molecular weight is 360 g/mol. The molecule has 0 amide bonds. The lowest BCUT2D eigenvalue weighted by Gasteiger charge is -2.26. The van der Waals surface area contributed by atoms with Crippen molar-refractivity contribution in [2.75, 3.05) is 0 Å². The van der Waals surface area contributed by atoms with E-state index in [-0.39, 0.29) is 0 Å². The molecule has 0 unspecified atom stereocenters. The van der Waals surface area contributed by atoms with Crippen LogP contribution in [0.25, 0.3) is 0 Å². The van der Waals surface area contributed by atoms with Crippen LogP contribution in [0.2, 0.25) is 0 Å². The maximum absolute atomic E-state index is 5.07. The monoisotopic (exact) mass is 359 g/mol. The molecule has 0 aliphatic heterocycles. The Kier molecular flexibility index (Phi) is 6.07. The smallest absolute Gasteiger partial charge is 0.207 e. The number of benzene rings is 3. The molecule has 0 fully saturated rings. The maximum atomic E-state index is 5.07. The first kappa shape index (κ1) is 17.5. The summed E-state index contributed by atoms with van der Waals surface area (Å²) in [5.41, 5.74) is 3.99. The van der Waals surface area contributed by atoms with Crippen molar-refractivity contribution < 1.29 is 0 Å². The molecule has 124 valence electrons. The Balaban J connectivity index is 1.98. The molecule has 0 bridgehead atoms. The van der Waals surface area contributed by atoms with Crippen molar-refractivity contribution >= 4 is 25.6 Å². The minimum Gasteiger partial charge on any atom is -0.272 e. The van der Waals surface area contributed by atoms with Gasteiger partial charge in [-0.25, -0.2) is 0 Å². The van der Waals surface area contributed by atoms with Gasteiger partial charge in [-0.05, 0) is 47.0 Å². The summed E-state index contributed by atoms with van der Waals surface area (Å²) in [6.45, 7) is 0. The Morgan fingerprint density at radius 2 is 0.920 bits per heavy atom. The second-order valence-electron chi connectivity index (χ2n) is 6.41. The van der Waals surface area contributed by atoms with Crippen molar-refractivity contribution in [2.45, 2.75) is 18.1 Å². The van der Waals surface area contributed by atoms with Gasteiger partial charge in [-0.15, -0.1) is 0 Å². The summed E-state index contributed by atoms with van der Waals surface area (Å²) in [5, 5.41) is 2.74. The Labute approximate surface area is 156 Å². The third kappa shape index (κ3) is 5.07. The number of hydrogen-bond donors (Lipinski definition) is 0. The van der Waals surface area contributed by atoms with Gasteiger partial charge in [0.25, 0.3) is 0 Å². The minimum atomic E-state index is -2.11. The van der Waals surface area contributed by atoms with Crippen molar-refractivity contribution in [1.29, 1.82) is 0 Å². The van der Waals surface area contributed by atoms with Gasteiger partial charge in [-0.2, -0.15) is 0 Å². The lowest BCUT2D eigenvalue weighted by molar-refractivity contribution is 1.11. The standard InChI is InChI=1S/C22H21NSSi/c24-19-23-25(16-20-10-4-1-5-11-20,17-21-12-6-2-7-13-21)18-22-14-8-3-9-15-22/h1-15H,16-18H2. The Morgan fingerprint density at radius 3 is 1.20 bits per heavy atom. The molecule has 3 aromatic carbocycles. The average Bonchev–Trinajstić information content (AvgIpc) is 2.64. The molecule has 0 N–H and O–H groups in total. The minimum absolute atomic E-state index is 0.973. The van der Waals surface area contributed by atoms with E-state index < -0.39 is 8.24 Å². The summed E-state index contributed by atoms with van der Waals surface area (Å²) in [4.78, 5) is 0. The molecule has 25 heavy (non-hydrogen) atoms. The van der Waals surface area contributed by atoms with Crippen molar-refractivity contribution in [2.24, 2.45) is 4.66 Å². The van der Waals surface area contributed by atoms with Crippen LogP contribution in [0.4, 0.5) is 0 Å². The van der Waals surface area contributed by atoms with Gasteiger partial charge < -0.3 is 0 Å². The van der Waals surface area contributed by atoms with E-state index in [2.05, 4.69) is 96.2 Å². The SMILES string of the molecule is S=C=N[Si](Cc1ccccc1)(Cc1ccccc1)Cc1ccccc1. The Hall–Kier alpha value is -2.32. The van der Waals surface area contributed by atoms with Gasteiger partial charge in [0.05, 0.1) is 0 Å². The largest absolute Gasteiger partial charge is 0.272 e. The number of rotatable bonds is 7. The van der Waals surface area contributed by atoms with Crippen molar-refractivity contribution in [3.05, 3.63) is 108 Å². The van der Waals surface area contributed by atoms with E-state index in [0.29, 0.717) is 0 Å². The van der Waals surface area contributed by atoms with Crippen LogP contribution < -0.4 is 0 Å². The van der Waals surface area contributed by atoms with Crippen LogP contribution in [0, 0.1) is 0 Å². The van der Waals surface area contributed by atoms with Gasteiger partial charge in [0.2, 0.25) is 8.24 Å². The first-order valence-electron chi connectivity index (χ1n) is 8.50. The fraction of sp³-hybridized carbons (Fsp3) is 0.136. The third-order valence-electron chi connectivity index (χ3n) is 4.41. The highest BCUT2D eigenvalue weighted by molar-refractivity contribution is 7.78. The van der Waals surface area contributed by atoms with E-state index in [1.807, 2.05) is 0 Å². The van der Waals surface area contributed by atoms with Gasteiger partial charge in [0.1, 0.15) is 0 Å². The van der Waals surface area contributed by atoms with Crippen molar-refractivity contribution in [1.82, 2.24) is 0 Å². The van der Waals surface area contributed by atoms with Gasteiger partial charge in [-0.1, -0.05) is 91.0 Å². The molecule has 0 aliphatic rings. The molecule has 0 spiro atoms. The molecule has 0 radical (unpaired) electrons. The number of hydrogen-bond acceptors (Lipinski definition) is 2. The van der Waals surface area contributed by atoms with Gasteiger partial charge in [-0.3, -0.25) is 4.66 Å². The molecule has 3 rings (SSSR count). The van der Waals surface area contributed by atoms with E-state index in [9.17, 15) is 0 Å². The maximum Gasteiger partial charge on any atom is 0.207 e. The Bertz CT molecular complexity index is 726. The molecule has 0 heterocycles. The second kappa shape index (κ2) is 8.68. The first-order chi connectivity index (χ1) is 12.3. The quantitative estimate of drug-likeness (QED) is 0.313. The highest BCUT2D eigenvalue weighted by atomic mass is 32.1. The number of isothiocyanates is 1. The van der Waals surface area contributed by atoms with Gasteiger partial charge in [0.15, 0.2) is 0 Å². The Morgan fingerprint density at radius 1 is 0.600 bits per heavy atom. The van der Waals surface area contributed by atoms with Gasteiger partial charge >= 0.3 is 0 Å². The van der Waals surface area contributed by atoms with Crippen molar-refractivity contribution in [3.63, 3.8) is 0 Å². The molecule has 0 saturated carbocycles. The normalized spacial score (nSPS) is 10.9. The van der Waals surface area contributed by atoms with E-state index in [0.717, 1.165) is 18.1 Å². The molecule has 0 aliphatic carbocycles. The van der Waals surface area contributed by atoms with Crippen LogP contribution in [0.1, 0.15) is 16.7 Å². The van der Waals surface area contributed by atoms with Crippen LogP contribution in [-0.4, -0.2) is 13.4 Å². The zero-order chi connectivity index (χ0) is 17.4. The highest BCUT2D eigenvalue weighted by Gasteiger charge is 2.34.